The molecule has 0 spiro atoms. The van der Waals surface area contributed by atoms with E-state index in [0.29, 0.717) is 22.6 Å². The van der Waals surface area contributed by atoms with Crippen molar-refractivity contribution in [2.24, 2.45) is 0 Å². The summed E-state index contributed by atoms with van der Waals surface area (Å²) in [7, 11) is 2.96. The number of hydrogen-bond donors (Lipinski definition) is 3. The maximum absolute atomic E-state index is 14.1. The second kappa shape index (κ2) is 11.5. The van der Waals surface area contributed by atoms with Crippen LogP contribution in [0.25, 0.3) is 0 Å². The molecule has 0 saturated carbocycles. The molecule has 3 aromatic carbocycles. The van der Waals surface area contributed by atoms with Crippen LogP contribution in [0.5, 0.6) is 0 Å². The Morgan fingerprint density at radius 2 is 1.39 bits per heavy atom. The van der Waals surface area contributed by atoms with Gasteiger partial charge in [0.25, 0.3) is 5.91 Å². The summed E-state index contributed by atoms with van der Waals surface area (Å²) < 4.78 is 10.7. The molecule has 0 bridgehead atoms. The van der Waals surface area contributed by atoms with Crippen LogP contribution in [0.4, 0.5) is 21.9 Å². The molecule has 0 radical (unpaired) electrons. The molecule has 1 aliphatic rings. The summed E-state index contributed by atoms with van der Waals surface area (Å²) in [5.74, 6) is -0.888. The van der Waals surface area contributed by atoms with Gasteiger partial charge >= 0.3 is 6.03 Å². The van der Waals surface area contributed by atoms with E-state index in [1.54, 1.807) is 48.5 Å². The van der Waals surface area contributed by atoms with E-state index in [0.717, 1.165) is 11.1 Å². The lowest BCUT2D eigenvalue weighted by molar-refractivity contribution is -0.131. The number of carbonyl (C=O) groups excluding carboxylic acids is 3. The van der Waals surface area contributed by atoms with Gasteiger partial charge in [-0.1, -0.05) is 53.6 Å². The Kier molecular flexibility index (Phi) is 8.09. The van der Waals surface area contributed by atoms with E-state index in [4.69, 9.17) is 9.47 Å². The molecule has 9 heteroatoms. The van der Waals surface area contributed by atoms with Gasteiger partial charge in [0.05, 0.1) is 18.7 Å². The van der Waals surface area contributed by atoms with E-state index in [-0.39, 0.29) is 13.0 Å². The molecule has 1 aliphatic heterocycles. The lowest BCUT2D eigenvalue weighted by atomic mass is 9.87. The van der Waals surface area contributed by atoms with Gasteiger partial charge in [-0.15, -0.1) is 0 Å². The predicted octanol–water partition coefficient (Wildman–Crippen LogP) is 4.31. The number of hydrogen-bond acceptors (Lipinski definition) is 5. The molecule has 0 aromatic heterocycles. The topological polar surface area (TPSA) is 109 Å². The van der Waals surface area contributed by atoms with Gasteiger partial charge in [0.15, 0.2) is 11.8 Å². The fraction of sp³-hybridized carbons (Fsp3) is 0.276. The molecule has 0 fully saturated rings. The summed E-state index contributed by atoms with van der Waals surface area (Å²) in [4.78, 5) is 42.2. The van der Waals surface area contributed by atoms with Crippen LogP contribution in [0.3, 0.4) is 0 Å². The Morgan fingerprint density at radius 3 is 1.97 bits per heavy atom. The molecule has 0 aliphatic carbocycles. The zero-order valence-corrected chi connectivity index (χ0v) is 21.9. The number of nitrogens with one attached hydrogen (secondary N) is 3. The molecule has 38 heavy (non-hydrogen) atoms. The van der Waals surface area contributed by atoms with Crippen molar-refractivity contribution in [1.82, 2.24) is 5.32 Å². The first-order valence-electron chi connectivity index (χ1n) is 12.2. The van der Waals surface area contributed by atoms with Crippen molar-refractivity contribution in [3.05, 3.63) is 89.5 Å². The van der Waals surface area contributed by atoms with Gasteiger partial charge < -0.3 is 30.3 Å². The molecule has 9 nitrogen and oxygen atoms in total. The normalized spacial score (nSPS) is 16.3. The van der Waals surface area contributed by atoms with E-state index in [9.17, 15) is 14.4 Å². The van der Waals surface area contributed by atoms with Crippen molar-refractivity contribution < 1.29 is 23.9 Å². The summed E-state index contributed by atoms with van der Waals surface area (Å²) in [5.41, 5.74) is 2.66. The maximum Gasteiger partial charge on any atom is 0.320 e. The van der Waals surface area contributed by atoms with Crippen LogP contribution in [0.2, 0.25) is 0 Å². The van der Waals surface area contributed by atoms with Crippen molar-refractivity contribution >= 4 is 34.9 Å². The number of fused-ring (bicyclic) bond motifs is 1. The first-order chi connectivity index (χ1) is 18.3. The highest BCUT2D eigenvalue weighted by molar-refractivity contribution is 6.12. The Hall–Kier alpha value is -4.21. The van der Waals surface area contributed by atoms with E-state index < -0.39 is 29.7 Å². The first kappa shape index (κ1) is 26.8. The highest BCUT2D eigenvalue weighted by Crippen LogP contribution is 2.43. The second-order valence-corrected chi connectivity index (χ2v) is 9.28. The van der Waals surface area contributed by atoms with Crippen LogP contribution in [0.15, 0.2) is 72.8 Å². The van der Waals surface area contributed by atoms with Crippen molar-refractivity contribution in [2.45, 2.75) is 32.1 Å². The van der Waals surface area contributed by atoms with Gasteiger partial charge in [0.2, 0.25) is 5.91 Å². The molecule has 1 atom stereocenters. The van der Waals surface area contributed by atoms with Gasteiger partial charge in [-0.2, -0.15) is 0 Å². The minimum Gasteiger partial charge on any atom is -0.354 e. The average Bonchev–Trinajstić information content (AvgIpc) is 3.12. The van der Waals surface area contributed by atoms with Gasteiger partial charge in [-0.05, 0) is 44.2 Å². The van der Waals surface area contributed by atoms with Crippen LogP contribution in [-0.4, -0.2) is 44.9 Å². The summed E-state index contributed by atoms with van der Waals surface area (Å²) in [5, 5.41) is 8.47. The molecule has 3 aromatic rings. The van der Waals surface area contributed by atoms with Crippen LogP contribution in [0, 0.1) is 13.8 Å². The number of para-hydroxylation sites is 1. The number of urea groups is 1. The number of amides is 4. The zero-order valence-electron chi connectivity index (χ0n) is 21.9. The SMILES string of the molecule is COC(CN1C(=O)[C@](CC(=O)Nc2ccc(C)cc2)(NC(=O)Nc2ccc(C)cc2)c2ccccc21)OC. The molecule has 198 valence electrons. The predicted molar refractivity (Wildman–Crippen MR) is 146 cm³/mol. The monoisotopic (exact) mass is 516 g/mol. The number of aryl methyl sites for hydroxylation is 2. The molecular formula is C29H32N4O5. The Bertz CT molecular complexity index is 1240. The molecule has 0 unspecified atom stereocenters. The van der Waals surface area contributed by atoms with Crippen molar-refractivity contribution in [1.29, 1.82) is 0 Å². The molecule has 1 heterocycles. The number of rotatable bonds is 9. The van der Waals surface area contributed by atoms with Crippen LogP contribution >= 0.6 is 0 Å². The fourth-order valence-corrected chi connectivity index (χ4v) is 4.51. The van der Waals surface area contributed by atoms with Crippen molar-refractivity contribution in [3.63, 3.8) is 0 Å². The first-order valence-corrected chi connectivity index (χ1v) is 12.2. The molecule has 4 rings (SSSR count). The number of nitrogens with zero attached hydrogens (tertiary/aromatic N) is 1. The Morgan fingerprint density at radius 1 is 0.842 bits per heavy atom. The maximum atomic E-state index is 14.1. The summed E-state index contributed by atoms with van der Waals surface area (Å²) in [6.45, 7) is 3.97. The highest BCUT2D eigenvalue weighted by Gasteiger charge is 2.53. The summed E-state index contributed by atoms with van der Waals surface area (Å²) in [6, 6.07) is 21.1. The lowest BCUT2D eigenvalue weighted by Crippen LogP contribution is -2.56. The van der Waals surface area contributed by atoms with E-state index in [1.165, 1.54) is 19.1 Å². The number of methoxy groups -OCH3 is 2. The van der Waals surface area contributed by atoms with E-state index >= 15 is 0 Å². The molecule has 0 saturated heterocycles. The quantitative estimate of drug-likeness (QED) is 0.367. The largest absolute Gasteiger partial charge is 0.354 e. The minimum atomic E-state index is -1.66. The second-order valence-electron chi connectivity index (χ2n) is 9.28. The molecule has 4 amide bonds. The van der Waals surface area contributed by atoms with Crippen LogP contribution < -0.4 is 20.9 Å². The summed E-state index contributed by atoms with van der Waals surface area (Å²) in [6.07, 6.45) is -1.02. The van der Waals surface area contributed by atoms with Gasteiger partial charge in [0, 0.05) is 31.2 Å². The minimum absolute atomic E-state index is 0.0748. The lowest BCUT2D eigenvalue weighted by Gasteiger charge is -2.30. The van der Waals surface area contributed by atoms with Gasteiger partial charge in [-0.25, -0.2) is 4.79 Å². The smallest absolute Gasteiger partial charge is 0.320 e. The third kappa shape index (κ3) is 5.69. The van der Waals surface area contributed by atoms with Crippen molar-refractivity contribution in [3.8, 4) is 0 Å². The highest BCUT2D eigenvalue weighted by atomic mass is 16.7. The third-order valence-corrected chi connectivity index (χ3v) is 6.52. The summed E-state index contributed by atoms with van der Waals surface area (Å²) >= 11 is 0. The Labute approximate surface area is 222 Å². The molecule has 3 N–H and O–H groups in total. The molecular weight excluding hydrogens is 484 g/mol. The number of anilines is 3. The van der Waals surface area contributed by atoms with Crippen LogP contribution in [0.1, 0.15) is 23.1 Å². The zero-order chi connectivity index (χ0) is 27.3. The van der Waals surface area contributed by atoms with E-state index in [1.807, 2.05) is 38.1 Å². The average molecular weight is 517 g/mol. The number of benzene rings is 3. The fourth-order valence-electron chi connectivity index (χ4n) is 4.51. The van der Waals surface area contributed by atoms with E-state index in [2.05, 4.69) is 16.0 Å². The third-order valence-electron chi connectivity index (χ3n) is 6.52. The van der Waals surface area contributed by atoms with Crippen molar-refractivity contribution in [2.75, 3.05) is 36.3 Å². The Balaban J connectivity index is 1.69. The standard InChI is InChI=1S/C29H32N4O5/c1-19-9-13-21(14-10-19)30-25(34)17-29(32-28(36)31-22-15-11-20(2)12-16-22)23-7-5-6-8-24(23)33(27(29)35)18-26(37-3)38-4/h5-16,26H,17-18H2,1-4H3,(H,30,34)(H2,31,32,36)/t29-/m1/s1. The van der Waals surface area contributed by atoms with Gasteiger partial charge in [0.1, 0.15) is 0 Å². The van der Waals surface area contributed by atoms with Gasteiger partial charge in [-0.3, -0.25) is 9.59 Å². The number of ether oxygens (including phenoxy) is 2. The number of carbonyl (C=O) groups is 3. The van der Waals surface area contributed by atoms with Crippen LogP contribution in [-0.2, 0) is 24.6 Å².